The van der Waals surface area contributed by atoms with Gasteiger partial charge in [0.25, 0.3) is 0 Å². The van der Waals surface area contributed by atoms with E-state index in [0.717, 1.165) is 34.8 Å². The average molecular weight is 390 g/mol. The molecule has 0 radical (unpaired) electrons. The fraction of sp³-hybridized carbons (Fsp3) is 0.429. The monoisotopic (exact) mass is 389 g/mol. The first-order chi connectivity index (χ1) is 12.9. The van der Waals surface area contributed by atoms with Crippen molar-refractivity contribution in [1.29, 1.82) is 0 Å². The SMILES string of the molecule is CC.Cc1cc2c(Oc3ccccc3)ncnc2n1COCCS(C)(C)C. The number of aromatic nitrogens is 3. The number of rotatable bonds is 7. The lowest BCUT2D eigenvalue weighted by Gasteiger charge is -2.24. The van der Waals surface area contributed by atoms with Gasteiger partial charge in [-0.1, -0.05) is 32.0 Å². The third-order valence-corrected chi connectivity index (χ3v) is 5.27. The van der Waals surface area contributed by atoms with Gasteiger partial charge in [0.05, 0.1) is 12.0 Å². The van der Waals surface area contributed by atoms with Crippen LogP contribution in [-0.4, -0.2) is 45.7 Å². The van der Waals surface area contributed by atoms with Gasteiger partial charge in [0, 0.05) is 11.4 Å². The summed E-state index contributed by atoms with van der Waals surface area (Å²) >= 11 is 0. The maximum absolute atomic E-state index is 5.93. The van der Waals surface area contributed by atoms with Crippen LogP contribution in [0, 0.1) is 6.92 Å². The second-order valence-electron chi connectivity index (χ2n) is 6.88. The normalized spacial score (nSPS) is 11.8. The Labute approximate surface area is 164 Å². The molecule has 0 atom stereocenters. The van der Waals surface area contributed by atoms with E-state index >= 15 is 0 Å². The minimum Gasteiger partial charge on any atom is -0.438 e. The van der Waals surface area contributed by atoms with Crippen molar-refractivity contribution in [1.82, 2.24) is 14.5 Å². The van der Waals surface area contributed by atoms with Crippen LogP contribution in [0.25, 0.3) is 11.0 Å². The van der Waals surface area contributed by atoms with Gasteiger partial charge in [-0.2, -0.15) is 0 Å². The van der Waals surface area contributed by atoms with Gasteiger partial charge in [0.2, 0.25) is 5.88 Å². The minimum atomic E-state index is -0.539. The lowest BCUT2D eigenvalue weighted by molar-refractivity contribution is 0.0911. The van der Waals surface area contributed by atoms with Crippen molar-refractivity contribution in [3.63, 3.8) is 0 Å². The predicted octanol–water partition coefficient (Wildman–Crippen LogP) is 5.23. The van der Waals surface area contributed by atoms with Crippen LogP contribution < -0.4 is 4.74 Å². The highest BCUT2D eigenvalue weighted by Gasteiger charge is 2.13. The number of para-hydroxylation sites is 1. The Bertz CT molecular complexity index is 842. The molecule has 0 saturated carbocycles. The molecule has 0 fully saturated rings. The molecule has 148 valence electrons. The maximum Gasteiger partial charge on any atom is 0.231 e. The molecule has 0 spiro atoms. The Morgan fingerprint density at radius 1 is 1.04 bits per heavy atom. The zero-order valence-electron chi connectivity index (χ0n) is 17.2. The van der Waals surface area contributed by atoms with Crippen molar-refractivity contribution in [3.8, 4) is 11.6 Å². The fourth-order valence-corrected chi connectivity index (χ4v) is 3.09. The fourth-order valence-electron chi connectivity index (χ4n) is 2.48. The molecule has 0 N–H and O–H groups in total. The summed E-state index contributed by atoms with van der Waals surface area (Å²) in [7, 11) is -0.539. The second kappa shape index (κ2) is 9.76. The summed E-state index contributed by atoms with van der Waals surface area (Å²) in [6, 6.07) is 11.7. The first-order valence-electron chi connectivity index (χ1n) is 9.21. The quantitative estimate of drug-likeness (QED) is 0.519. The molecule has 6 heteroatoms. The van der Waals surface area contributed by atoms with Gasteiger partial charge in [-0.3, -0.25) is 0 Å². The molecule has 5 nitrogen and oxygen atoms in total. The molecule has 0 aliphatic rings. The molecule has 0 aliphatic heterocycles. The van der Waals surface area contributed by atoms with Gasteiger partial charge in [0.1, 0.15) is 24.5 Å². The van der Waals surface area contributed by atoms with E-state index in [1.165, 1.54) is 6.33 Å². The van der Waals surface area contributed by atoms with Crippen molar-refractivity contribution in [2.45, 2.75) is 27.5 Å². The maximum atomic E-state index is 5.93. The molecule has 27 heavy (non-hydrogen) atoms. The lowest BCUT2D eigenvalue weighted by Crippen LogP contribution is -2.11. The number of hydrogen-bond donors (Lipinski definition) is 0. The van der Waals surface area contributed by atoms with Crippen LogP contribution in [0.15, 0.2) is 42.7 Å². The van der Waals surface area contributed by atoms with Gasteiger partial charge in [-0.05, 0) is 43.9 Å². The molecule has 0 saturated heterocycles. The Morgan fingerprint density at radius 2 is 1.74 bits per heavy atom. The summed E-state index contributed by atoms with van der Waals surface area (Å²) in [5.41, 5.74) is 1.91. The summed E-state index contributed by atoms with van der Waals surface area (Å²) in [6.45, 7) is 7.30. The molecule has 1 aromatic carbocycles. The molecule has 0 bridgehead atoms. The largest absolute Gasteiger partial charge is 0.438 e. The number of aryl methyl sites for hydroxylation is 1. The molecule has 0 unspecified atom stereocenters. The number of hydrogen-bond acceptors (Lipinski definition) is 4. The van der Waals surface area contributed by atoms with E-state index in [1.807, 2.05) is 57.2 Å². The van der Waals surface area contributed by atoms with Crippen LogP contribution in [0.2, 0.25) is 0 Å². The molecule has 0 amide bonds. The predicted molar refractivity (Wildman–Crippen MR) is 116 cm³/mol. The Hall–Kier alpha value is -2.05. The Kier molecular flexibility index (Phi) is 7.68. The summed E-state index contributed by atoms with van der Waals surface area (Å²) in [5, 5.41) is 0.897. The van der Waals surface area contributed by atoms with Crippen molar-refractivity contribution >= 4 is 21.1 Å². The summed E-state index contributed by atoms with van der Waals surface area (Å²) in [5.74, 6) is 2.43. The molecular weight excluding hydrogens is 358 g/mol. The molecule has 3 rings (SSSR count). The van der Waals surface area contributed by atoms with Crippen LogP contribution in [0.5, 0.6) is 11.6 Å². The highest BCUT2D eigenvalue weighted by Crippen LogP contribution is 2.33. The number of fused-ring (bicyclic) bond motifs is 1. The van der Waals surface area contributed by atoms with Crippen molar-refractivity contribution < 1.29 is 9.47 Å². The Morgan fingerprint density at radius 3 is 2.41 bits per heavy atom. The number of ether oxygens (including phenoxy) is 2. The van der Waals surface area contributed by atoms with Crippen LogP contribution in [0.3, 0.4) is 0 Å². The van der Waals surface area contributed by atoms with Crippen LogP contribution in [0.1, 0.15) is 19.5 Å². The highest BCUT2D eigenvalue weighted by atomic mass is 32.3. The van der Waals surface area contributed by atoms with E-state index < -0.39 is 10.0 Å². The summed E-state index contributed by atoms with van der Waals surface area (Å²) in [4.78, 5) is 8.73. The van der Waals surface area contributed by atoms with E-state index in [4.69, 9.17) is 9.47 Å². The van der Waals surface area contributed by atoms with Crippen LogP contribution >= 0.6 is 10.0 Å². The number of nitrogens with zero attached hydrogens (tertiary/aromatic N) is 3. The lowest BCUT2D eigenvalue weighted by atomic mass is 10.3. The van der Waals surface area contributed by atoms with Gasteiger partial charge < -0.3 is 14.0 Å². The zero-order chi connectivity index (χ0) is 19.9. The van der Waals surface area contributed by atoms with Gasteiger partial charge in [-0.15, -0.1) is 0 Å². The third kappa shape index (κ3) is 5.97. The van der Waals surface area contributed by atoms with E-state index in [1.54, 1.807) is 0 Å². The smallest absolute Gasteiger partial charge is 0.231 e. The highest BCUT2D eigenvalue weighted by molar-refractivity contribution is 8.32. The van der Waals surface area contributed by atoms with E-state index in [0.29, 0.717) is 12.6 Å². The molecular formula is C21H31N3O2S. The molecule has 3 aromatic rings. The topological polar surface area (TPSA) is 49.2 Å². The first kappa shape index (κ1) is 21.3. The van der Waals surface area contributed by atoms with Gasteiger partial charge in [0.15, 0.2) is 0 Å². The zero-order valence-corrected chi connectivity index (χ0v) is 18.0. The molecule has 2 aromatic heterocycles. The Balaban J connectivity index is 0.00000126. The average Bonchev–Trinajstić information content (AvgIpc) is 2.97. The number of benzene rings is 1. The van der Waals surface area contributed by atoms with Crippen molar-refractivity contribution in [2.75, 3.05) is 31.1 Å². The van der Waals surface area contributed by atoms with E-state index in [9.17, 15) is 0 Å². The third-order valence-electron chi connectivity index (χ3n) is 3.88. The standard InChI is InChI=1S/C19H25N3O2S.C2H6/c1-15-12-17-18(22(15)14-23-10-11-25(2,3)4)20-13-21-19(17)24-16-8-6-5-7-9-16;1-2/h5-9,12-13H,10-11,14H2,1-4H3;1-2H3. The van der Waals surface area contributed by atoms with E-state index in [2.05, 4.69) is 33.3 Å². The van der Waals surface area contributed by atoms with Gasteiger partial charge in [-0.25, -0.2) is 20.0 Å². The van der Waals surface area contributed by atoms with Crippen molar-refractivity contribution in [3.05, 3.63) is 48.4 Å². The second-order valence-corrected chi connectivity index (χ2v) is 11.5. The minimum absolute atomic E-state index is 0.493. The van der Waals surface area contributed by atoms with Crippen LogP contribution in [0.4, 0.5) is 0 Å². The summed E-state index contributed by atoms with van der Waals surface area (Å²) < 4.78 is 13.9. The van der Waals surface area contributed by atoms with Gasteiger partial charge >= 0.3 is 0 Å². The molecule has 0 aliphatic carbocycles. The van der Waals surface area contributed by atoms with E-state index in [-0.39, 0.29) is 0 Å². The summed E-state index contributed by atoms with van der Waals surface area (Å²) in [6.07, 6.45) is 8.43. The molecule has 2 heterocycles. The first-order valence-corrected chi connectivity index (χ1v) is 12.2. The van der Waals surface area contributed by atoms with Crippen molar-refractivity contribution in [2.24, 2.45) is 0 Å². The van der Waals surface area contributed by atoms with Crippen LogP contribution in [-0.2, 0) is 11.5 Å².